The van der Waals surface area contributed by atoms with Crippen molar-refractivity contribution in [3.8, 4) is 0 Å². The van der Waals surface area contributed by atoms with Crippen LogP contribution in [0.3, 0.4) is 0 Å². The lowest BCUT2D eigenvalue weighted by atomic mass is 10.2. The summed E-state index contributed by atoms with van der Waals surface area (Å²) < 4.78 is 4.80. The van der Waals surface area contributed by atoms with E-state index in [1.165, 1.54) is 27.8 Å². The Morgan fingerprint density at radius 3 is 1.62 bits per heavy atom. The van der Waals surface area contributed by atoms with Crippen molar-refractivity contribution in [1.29, 1.82) is 0 Å². The predicted octanol–water partition coefficient (Wildman–Crippen LogP) is 3.05. The van der Waals surface area contributed by atoms with Crippen molar-refractivity contribution in [3.63, 3.8) is 0 Å². The molecule has 3 heteroatoms. The molecule has 0 heterocycles. The first-order valence-electron chi connectivity index (χ1n) is 4.73. The van der Waals surface area contributed by atoms with Crippen LogP contribution >= 0.6 is 8.58 Å². The average molecular weight is 206 g/mol. The Morgan fingerprint density at radius 1 is 1.23 bits per heavy atom. The molecule has 0 spiro atoms. The summed E-state index contributed by atoms with van der Waals surface area (Å²) in [7, 11) is 1.20. The van der Waals surface area contributed by atoms with Crippen LogP contribution in [0.5, 0.6) is 0 Å². The van der Waals surface area contributed by atoms with Gasteiger partial charge in [0.1, 0.15) is 5.60 Å². The maximum atomic E-state index is 10.2. The van der Waals surface area contributed by atoms with Gasteiger partial charge in [0.2, 0.25) is 0 Å². The van der Waals surface area contributed by atoms with Crippen molar-refractivity contribution in [2.75, 3.05) is 12.3 Å². The molecule has 0 aromatic rings. The zero-order valence-corrected chi connectivity index (χ0v) is 10.7. The maximum Gasteiger partial charge on any atom is 0.303 e. The van der Waals surface area contributed by atoms with E-state index in [9.17, 15) is 4.79 Å². The fourth-order valence-corrected chi connectivity index (χ4v) is 1.18. The zero-order chi connectivity index (χ0) is 10.9. The van der Waals surface area contributed by atoms with E-state index in [1.807, 2.05) is 20.8 Å². The Labute approximate surface area is 84.2 Å². The zero-order valence-electron chi connectivity index (χ0n) is 9.73. The molecule has 2 nitrogen and oxygen atoms in total. The van der Waals surface area contributed by atoms with Crippen molar-refractivity contribution < 1.29 is 9.53 Å². The van der Waals surface area contributed by atoms with Gasteiger partial charge in [0.25, 0.3) is 0 Å². The molecule has 0 N–H and O–H groups in total. The van der Waals surface area contributed by atoms with Crippen LogP contribution in [-0.4, -0.2) is 23.9 Å². The summed E-state index contributed by atoms with van der Waals surface area (Å²) in [5.41, 5.74) is -0.328. The molecule has 80 valence electrons. The third-order valence-electron chi connectivity index (χ3n) is 0.950. The van der Waals surface area contributed by atoms with Crippen molar-refractivity contribution in [2.45, 2.75) is 47.1 Å². The van der Waals surface area contributed by atoms with Crippen LogP contribution < -0.4 is 0 Å². The van der Waals surface area contributed by atoms with Crippen LogP contribution in [0.4, 0.5) is 0 Å². The Balaban J connectivity index is 0. The number of hydrogen-bond acceptors (Lipinski definition) is 2. The van der Waals surface area contributed by atoms with Crippen molar-refractivity contribution in [1.82, 2.24) is 0 Å². The molecule has 0 aromatic heterocycles. The molecule has 0 bridgehead atoms. The number of carbonyl (C=O) groups is 1. The van der Waals surface area contributed by atoms with Gasteiger partial charge >= 0.3 is 5.97 Å². The Bertz CT molecular complexity index is 125. The third kappa shape index (κ3) is 24.5. The number of carbonyl (C=O) groups excluding carboxylic acids is 1. The summed E-state index contributed by atoms with van der Waals surface area (Å²) in [5, 5.41) is 0. The van der Waals surface area contributed by atoms with Crippen LogP contribution in [0.1, 0.15) is 41.5 Å². The summed E-state index contributed by atoms with van der Waals surface area (Å²) in [6.07, 6.45) is 2.74. The summed E-state index contributed by atoms with van der Waals surface area (Å²) in [5.74, 6) is -0.225. The van der Waals surface area contributed by atoms with Crippen LogP contribution in [-0.2, 0) is 9.53 Å². The van der Waals surface area contributed by atoms with Gasteiger partial charge in [-0.05, 0) is 33.1 Å². The summed E-state index contributed by atoms with van der Waals surface area (Å²) >= 11 is 0. The van der Waals surface area contributed by atoms with Gasteiger partial charge in [0.05, 0.1) is 0 Å². The molecule has 0 rings (SSSR count). The number of ether oxygens (including phenoxy) is 1. The lowest BCUT2D eigenvalue weighted by Crippen LogP contribution is -2.21. The molecule has 0 fully saturated rings. The number of esters is 1. The first-order valence-corrected chi connectivity index (χ1v) is 6.15. The molecule has 0 aliphatic heterocycles. The molecule has 0 aliphatic carbocycles. The fourth-order valence-electron chi connectivity index (χ4n) is 0.681. The molecule has 0 amide bonds. The van der Waals surface area contributed by atoms with Gasteiger partial charge in [-0.1, -0.05) is 13.8 Å². The van der Waals surface area contributed by atoms with Crippen molar-refractivity contribution >= 4 is 14.6 Å². The minimum absolute atomic E-state index is 0.225. The fraction of sp³-hybridized carbons (Fsp3) is 0.900. The lowest BCUT2D eigenvalue weighted by molar-refractivity contribution is -0.151. The van der Waals surface area contributed by atoms with Crippen molar-refractivity contribution in [3.05, 3.63) is 0 Å². The summed E-state index contributed by atoms with van der Waals surface area (Å²) in [6.45, 7) is 11.4. The van der Waals surface area contributed by atoms with Crippen molar-refractivity contribution in [2.24, 2.45) is 0 Å². The van der Waals surface area contributed by atoms with E-state index in [1.54, 1.807) is 0 Å². The standard InChI is InChI=1S/C6H12O2.C4H11P/c1-5(7)8-6(2,3)4;1-3-5-4-2/h1-4H3;5H,3-4H2,1-2H3. The second-order valence-corrected chi connectivity index (χ2v) is 5.58. The van der Waals surface area contributed by atoms with Crippen LogP contribution in [0.2, 0.25) is 0 Å². The number of rotatable bonds is 2. The maximum absolute atomic E-state index is 10.2. The summed E-state index contributed by atoms with van der Waals surface area (Å²) in [6, 6.07) is 0. The molecule has 0 atom stereocenters. The van der Waals surface area contributed by atoms with E-state index in [4.69, 9.17) is 4.74 Å². The van der Waals surface area contributed by atoms with E-state index in [-0.39, 0.29) is 11.6 Å². The molecule has 0 unspecified atom stereocenters. The minimum Gasteiger partial charge on any atom is -0.460 e. The highest BCUT2D eigenvalue weighted by Crippen LogP contribution is 2.05. The normalized spacial score (nSPS) is 10.0. The highest BCUT2D eigenvalue weighted by Gasteiger charge is 2.11. The lowest BCUT2D eigenvalue weighted by Gasteiger charge is -2.17. The largest absolute Gasteiger partial charge is 0.460 e. The monoisotopic (exact) mass is 206 g/mol. The number of hydrogen-bond donors (Lipinski definition) is 0. The molecule has 0 aromatic carbocycles. The molecular formula is C10H23O2P. The highest BCUT2D eigenvalue weighted by atomic mass is 31.1. The quantitative estimate of drug-likeness (QED) is 0.512. The first-order chi connectivity index (χ1) is 5.83. The van der Waals surface area contributed by atoms with Gasteiger partial charge in [-0.25, -0.2) is 0 Å². The van der Waals surface area contributed by atoms with E-state index < -0.39 is 0 Å². The second kappa shape index (κ2) is 8.50. The molecular weight excluding hydrogens is 183 g/mol. The Morgan fingerprint density at radius 2 is 1.62 bits per heavy atom. The second-order valence-electron chi connectivity index (χ2n) is 3.66. The molecule has 0 saturated carbocycles. The van der Waals surface area contributed by atoms with Gasteiger partial charge in [0.15, 0.2) is 0 Å². The Kier molecular flexibility index (Phi) is 10.0. The van der Waals surface area contributed by atoms with Crippen LogP contribution in [0, 0.1) is 0 Å². The average Bonchev–Trinajstić information content (AvgIpc) is 1.84. The summed E-state index contributed by atoms with van der Waals surface area (Å²) in [4.78, 5) is 10.2. The van der Waals surface area contributed by atoms with Gasteiger partial charge in [-0.3, -0.25) is 4.79 Å². The van der Waals surface area contributed by atoms with Gasteiger partial charge < -0.3 is 4.74 Å². The highest BCUT2D eigenvalue weighted by molar-refractivity contribution is 7.37. The van der Waals surface area contributed by atoms with Gasteiger partial charge in [-0.15, -0.1) is 8.58 Å². The molecule has 0 radical (unpaired) electrons. The minimum atomic E-state index is -0.328. The van der Waals surface area contributed by atoms with E-state index in [2.05, 4.69) is 13.8 Å². The van der Waals surface area contributed by atoms with E-state index >= 15 is 0 Å². The SMILES string of the molecule is CC(=O)OC(C)(C)C.CCPCC. The topological polar surface area (TPSA) is 26.3 Å². The molecule has 13 heavy (non-hydrogen) atoms. The smallest absolute Gasteiger partial charge is 0.303 e. The first kappa shape index (κ1) is 15.4. The van der Waals surface area contributed by atoms with E-state index in [0.29, 0.717) is 0 Å². The predicted molar refractivity (Wildman–Crippen MR) is 60.9 cm³/mol. The van der Waals surface area contributed by atoms with Crippen LogP contribution in [0.25, 0.3) is 0 Å². The van der Waals surface area contributed by atoms with Gasteiger partial charge in [-0.2, -0.15) is 0 Å². The van der Waals surface area contributed by atoms with Gasteiger partial charge in [0, 0.05) is 6.92 Å². The van der Waals surface area contributed by atoms with E-state index in [0.717, 1.165) is 0 Å². The molecule has 0 aliphatic rings. The van der Waals surface area contributed by atoms with Crippen LogP contribution in [0.15, 0.2) is 0 Å². The Hall–Kier alpha value is -0.100. The molecule has 0 saturated heterocycles. The third-order valence-corrected chi connectivity index (χ3v) is 1.95.